The molecule has 124 valence electrons. The molecule has 2 heterocycles. The quantitative estimate of drug-likeness (QED) is 0.804. The zero-order valence-electron chi connectivity index (χ0n) is 13.4. The molecule has 3 rings (SSSR count). The van der Waals surface area contributed by atoms with Crippen molar-refractivity contribution in [3.63, 3.8) is 0 Å². The van der Waals surface area contributed by atoms with E-state index in [1.54, 1.807) is 0 Å². The number of piperidine rings is 1. The highest BCUT2D eigenvalue weighted by atomic mass is 35.5. The van der Waals surface area contributed by atoms with Gasteiger partial charge in [-0.1, -0.05) is 37.3 Å². The Morgan fingerprint density at radius 3 is 2.52 bits per heavy atom. The van der Waals surface area contributed by atoms with Crippen LogP contribution in [0.1, 0.15) is 30.3 Å². The number of carbonyl (C=O) groups is 1. The van der Waals surface area contributed by atoms with E-state index in [-0.39, 0.29) is 23.7 Å². The first-order valence-electron chi connectivity index (χ1n) is 7.90. The Morgan fingerprint density at radius 1 is 1.13 bits per heavy atom. The van der Waals surface area contributed by atoms with Gasteiger partial charge in [0.05, 0.1) is 0 Å². The van der Waals surface area contributed by atoms with Gasteiger partial charge in [0, 0.05) is 12.2 Å². The number of hydrogen-bond donors (Lipinski definition) is 3. The van der Waals surface area contributed by atoms with Crippen molar-refractivity contribution < 1.29 is 4.79 Å². The van der Waals surface area contributed by atoms with Crippen LogP contribution < -0.4 is 10.6 Å². The molecule has 5 heteroatoms. The fourth-order valence-electron chi connectivity index (χ4n) is 2.91. The maximum atomic E-state index is 12.3. The van der Waals surface area contributed by atoms with Gasteiger partial charge >= 0.3 is 0 Å². The van der Waals surface area contributed by atoms with Gasteiger partial charge in [-0.2, -0.15) is 0 Å². The third kappa shape index (κ3) is 4.36. The van der Waals surface area contributed by atoms with Crippen LogP contribution in [-0.2, 0) is 0 Å². The maximum absolute atomic E-state index is 12.3. The Hall–Kier alpha value is -1.78. The summed E-state index contributed by atoms with van der Waals surface area (Å²) < 4.78 is 0. The minimum absolute atomic E-state index is 0. The van der Waals surface area contributed by atoms with Crippen molar-refractivity contribution in [3.8, 4) is 11.3 Å². The number of amides is 1. The van der Waals surface area contributed by atoms with E-state index >= 15 is 0 Å². The lowest BCUT2D eigenvalue weighted by molar-refractivity contribution is 0.0918. The summed E-state index contributed by atoms with van der Waals surface area (Å²) in [5, 5.41) is 6.44. The lowest BCUT2D eigenvalue weighted by Gasteiger charge is -2.34. The molecule has 0 atom stereocenters. The van der Waals surface area contributed by atoms with Crippen LogP contribution in [0, 0.1) is 5.41 Å². The Labute approximate surface area is 143 Å². The predicted octanol–water partition coefficient (Wildman–Crippen LogP) is 3.22. The molecule has 1 aromatic carbocycles. The van der Waals surface area contributed by atoms with Gasteiger partial charge in [-0.25, -0.2) is 0 Å². The fraction of sp³-hybridized carbons (Fsp3) is 0.389. The standard InChI is InChI=1S/C18H23N3O.ClH/c1-18(9-11-19-12-10-18)13-20-17(22)16-8-7-15(21-16)14-5-3-2-4-6-14;/h2-8,19,21H,9-13H2,1H3,(H,20,22);1H. The first-order chi connectivity index (χ1) is 10.7. The summed E-state index contributed by atoms with van der Waals surface area (Å²) in [7, 11) is 0. The van der Waals surface area contributed by atoms with Crippen LogP contribution in [-0.4, -0.2) is 30.5 Å². The van der Waals surface area contributed by atoms with E-state index < -0.39 is 0 Å². The summed E-state index contributed by atoms with van der Waals surface area (Å²) >= 11 is 0. The van der Waals surface area contributed by atoms with E-state index in [0.717, 1.165) is 43.7 Å². The molecule has 1 fully saturated rings. The van der Waals surface area contributed by atoms with E-state index in [0.29, 0.717) is 5.69 Å². The van der Waals surface area contributed by atoms with Crippen LogP contribution >= 0.6 is 12.4 Å². The maximum Gasteiger partial charge on any atom is 0.267 e. The summed E-state index contributed by atoms with van der Waals surface area (Å²) in [6.07, 6.45) is 2.21. The molecule has 1 aromatic heterocycles. The summed E-state index contributed by atoms with van der Waals surface area (Å²) in [5.41, 5.74) is 2.89. The Balaban J connectivity index is 0.00000192. The van der Waals surface area contributed by atoms with Crippen molar-refractivity contribution in [2.24, 2.45) is 5.41 Å². The molecule has 0 radical (unpaired) electrons. The number of aromatic nitrogens is 1. The minimum atomic E-state index is -0.0260. The molecule has 0 aliphatic carbocycles. The third-order valence-corrected chi connectivity index (χ3v) is 4.50. The van der Waals surface area contributed by atoms with Crippen LogP contribution in [0.15, 0.2) is 42.5 Å². The van der Waals surface area contributed by atoms with Gasteiger partial charge < -0.3 is 15.6 Å². The van der Waals surface area contributed by atoms with Crippen LogP contribution in [0.4, 0.5) is 0 Å². The van der Waals surface area contributed by atoms with Crippen molar-refractivity contribution in [2.75, 3.05) is 19.6 Å². The van der Waals surface area contributed by atoms with Gasteiger partial charge in [-0.05, 0) is 49.0 Å². The molecule has 0 spiro atoms. The average Bonchev–Trinajstić information content (AvgIpc) is 3.04. The molecule has 1 aliphatic rings. The van der Waals surface area contributed by atoms with E-state index in [9.17, 15) is 4.79 Å². The second-order valence-electron chi connectivity index (χ2n) is 6.40. The molecule has 3 N–H and O–H groups in total. The number of aromatic amines is 1. The zero-order valence-corrected chi connectivity index (χ0v) is 14.2. The predicted molar refractivity (Wildman–Crippen MR) is 96.0 cm³/mol. The molecule has 0 saturated carbocycles. The molecular weight excluding hydrogens is 310 g/mol. The number of halogens is 1. The number of hydrogen-bond acceptors (Lipinski definition) is 2. The van der Waals surface area contributed by atoms with E-state index in [4.69, 9.17) is 0 Å². The van der Waals surface area contributed by atoms with Crippen molar-refractivity contribution in [2.45, 2.75) is 19.8 Å². The minimum Gasteiger partial charge on any atom is -0.351 e. The summed E-state index contributed by atoms with van der Waals surface area (Å²) in [5.74, 6) is -0.0260. The molecule has 23 heavy (non-hydrogen) atoms. The molecular formula is C18H24ClN3O. The third-order valence-electron chi connectivity index (χ3n) is 4.50. The second kappa shape index (κ2) is 7.66. The van der Waals surface area contributed by atoms with Gasteiger partial charge in [0.2, 0.25) is 0 Å². The average molecular weight is 334 g/mol. The number of H-pyrrole nitrogens is 1. The van der Waals surface area contributed by atoms with Crippen molar-refractivity contribution in [3.05, 3.63) is 48.2 Å². The van der Waals surface area contributed by atoms with E-state index in [1.165, 1.54) is 0 Å². The summed E-state index contributed by atoms with van der Waals surface area (Å²) in [4.78, 5) is 15.5. The van der Waals surface area contributed by atoms with Crippen molar-refractivity contribution >= 4 is 18.3 Å². The highest BCUT2D eigenvalue weighted by molar-refractivity contribution is 5.93. The van der Waals surface area contributed by atoms with Gasteiger partial charge in [0.15, 0.2) is 0 Å². The smallest absolute Gasteiger partial charge is 0.267 e. The van der Waals surface area contributed by atoms with Crippen LogP contribution in [0.25, 0.3) is 11.3 Å². The molecule has 0 bridgehead atoms. The molecule has 2 aromatic rings. The number of rotatable bonds is 4. The monoisotopic (exact) mass is 333 g/mol. The molecule has 0 unspecified atom stereocenters. The van der Waals surface area contributed by atoms with E-state index in [1.807, 2.05) is 42.5 Å². The van der Waals surface area contributed by atoms with Crippen molar-refractivity contribution in [1.82, 2.24) is 15.6 Å². The van der Waals surface area contributed by atoms with Gasteiger partial charge in [0.1, 0.15) is 5.69 Å². The highest BCUT2D eigenvalue weighted by Gasteiger charge is 2.27. The first kappa shape index (κ1) is 17.6. The van der Waals surface area contributed by atoms with Crippen LogP contribution in [0.5, 0.6) is 0 Å². The van der Waals surface area contributed by atoms with Crippen molar-refractivity contribution in [1.29, 1.82) is 0 Å². The largest absolute Gasteiger partial charge is 0.351 e. The van der Waals surface area contributed by atoms with Gasteiger partial charge in [0.25, 0.3) is 5.91 Å². The number of nitrogens with one attached hydrogen (secondary N) is 3. The lowest BCUT2D eigenvalue weighted by atomic mass is 9.81. The Morgan fingerprint density at radius 2 is 1.83 bits per heavy atom. The zero-order chi connectivity index (χ0) is 15.4. The normalized spacial score (nSPS) is 16.4. The van der Waals surface area contributed by atoms with Gasteiger partial charge in [-0.3, -0.25) is 4.79 Å². The van der Waals surface area contributed by atoms with Crippen LogP contribution in [0.2, 0.25) is 0 Å². The molecule has 1 saturated heterocycles. The topological polar surface area (TPSA) is 56.9 Å². The highest BCUT2D eigenvalue weighted by Crippen LogP contribution is 2.26. The van der Waals surface area contributed by atoms with Gasteiger partial charge in [-0.15, -0.1) is 12.4 Å². The lowest BCUT2D eigenvalue weighted by Crippen LogP contribution is -2.42. The molecule has 1 aliphatic heterocycles. The molecule has 1 amide bonds. The Kier molecular flexibility index (Phi) is 5.85. The summed E-state index contributed by atoms with van der Waals surface area (Å²) in [6.45, 7) is 5.05. The second-order valence-corrected chi connectivity index (χ2v) is 6.40. The molecule has 4 nitrogen and oxygen atoms in total. The first-order valence-corrected chi connectivity index (χ1v) is 7.90. The fourth-order valence-corrected chi connectivity index (χ4v) is 2.91. The number of carbonyl (C=O) groups excluding carboxylic acids is 1. The number of benzene rings is 1. The summed E-state index contributed by atoms with van der Waals surface area (Å²) in [6, 6.07) is 13.8. The SMILES string of the molecule is CC1(CNC(=O)c2ccc(-c3ccccc3)[nH]2)CCNCC1.Cl. The Bertz CT molecular complexity index is 633. The van der Waals surface area contributed by atoms with Crippen LogP contribution in [0.3, 0.4) is 0 Å². The van der Waals surface area contributed by atoms with E-state index in [2.05, 4.69) is 22.5 Å².